The van der Waals surface area contributed by atoms with E-state index in [2.05, 4.69) is 20.6 Å². The van der Waals surface area contributed by atoms with Crippen molar-refractivity contribution in [1.82, 2.24) is 25.5 Å². The smallest absolute Gasteiger partial charge is 0.416 e. The number of aryl methyl sites for hydroxylation is 1. The third-order valence-corrected chi connectivity index (χ3v) is 7.70. The van der Waals surface area contributed by atoms with Crippen LogP contribution in [0.5, 0.6) is 0 Å². The van der Waals surface area contributed by atoms with Crippen LogP contribution in [-0.2, 0) is 19.1 Å². The number of hydrogen-bond donors (Lipinski definition) is 3. The molecule has 1 aliphatic rings. The van der Waals surface area contributed by atoms with Gasteiger partial charge in [0, 0.05) is 32.0 Å². The monoisotopic (exact) mass is 621 g/mol. The second kappa shape index (κ2) is 14.0. The number of likely N-dealkylation sites (tertiary alicyclic amines) is 1. The van der Waals surface area contributed by atoms with Gasteiger partial charge in [-0.3, -0.25) is 14.6 Å². The molecular weight excluding hydrogens is 587 g/mol. The molecule has 4 aromatic rings. The van der Waals surface area contributed by atoms with Crippen molar-refractivity contribution in [2.45, 2.75) is 57.1 Å². The number of hydrogen-bond acceptors (Lipinski definition) is 7. The minimum atomic E-state index is -4.46. The van der Waals surface area contributed by atoms with Crippen molar-refractivity contribution >= 4 is 11.8 Å². The van der Waals surface area contributed by atoms with Crippen molar-refractivity contribution in [3.05, 3.63) is 119 Å². The predicted octanol–water partition coefficient (Wildman–Crippen LogP) is 4.87. The SMILES string of the molecule is Cc1coc(C2CCCN2C(=O)c2cncc(C(=O)N[C@@H](Cc3ccccc3)[C@H](O)CNCc3cccc(C(F)(F)F)c3)c2)n1. The molecule has 12 heteroatoms. The highest BCUT2D eigenvalue weighted by Crippen LogP contribution is 2.33. The van der Waals surface area contributed by atoms with E-state index in [1.807, 2.05) is 37.3 Å². The average molecular weight is 622 g/mol. The Labute approximate surface area is 258 Å². The zero-order chi connectivity index (χ0) is 32.0. The van der Waals surface area contributed by atoms with E-state index in [0.717, 1.165) is 29.8 Å². The van der Waals surface area contributed by atoms with Crippen molar-refractivity contribution in [1.29, 1.82) is 0 Å². The summed E-state index contributed by atoms with van der Waals surface area (Å²) in [4.78, 5) is 37.1. The quantitative estimate of drug-likeness (QED) is 0.219. The summed E-state index contributed by atoms with van der Waals surface area (Å²) in [6.45, 7) is 2.42. The fourth-order valence-corrected chi connectivity index (χ4v) is 5.41. The summed E-state index contributed by atoms with van der Waals surface area (Å²) >= 11 is 0. The zero-order valence-electron chi connectivity index (χ0n) is 24.6. The fraction of sp³-hybridized carbons (Fsp3) is 0.333. The minimum absolute atomic E-state index is 0.00143. The van der Waals surface area contributed by atoms with Gasteiger partial charge in [-0.25, -0.2) is 4.98 Å². The lowest BCUT2D eigenvalue weighted by molar-refractivity contribution is -0.137. The van der Waals surface area contributed by atoms with Crippen LogP contribution in [0.15, 0.2) is 83.7 Å². The summed E-state index contributed by atoms with van der Waals surface area (Å²) in [6.07, 6.45) is 0.537. The van der Waals surface area contributed by atoms with E-state index in [0.29, 0.717) is 24.4 Å². The Morgan fingerprint density at radius 2 is 1.82 bits per heavy atom. The Bertz CT molecular complexity index is 1610. The molecule has 0 bridgehead atoms. The maximum atomic E-state index is 13.5. The summed E-state index contributed by atoms with van der Waals surface area (Å²) in [5.41, 5.74) is 1.63. The van der Waals surface area contributed by atoms with Gasteiger partial charge in [-0.05, 0) is 49.4 Å². The summed E-state index contributed by atoms with van der Waals surface area (Å²) in [6, 6.07) is 14.6. The third-order valence-electron chi connectivity index (χ3n) is 7.70. The molecule has 1 saturated heterocycles. The number of carbonyl (C=O) groups is 2. The number of rotatable bonds is 11. The first-order valence-electron chi connectivity index (χ1n) is 14.7. The van der Waals surface area contributed by atoms with E-state index in [1.54, 1.807) is 17.2 Å². The highest BCUT2D eigenvalue weighted by Gasteiger charge is 2.34. The van der Waals surface area contributed by atoms with Crippen LogP contribution in [0.3, 0.4) is 0 Å². The molecular formula is C33H34F3N5O4. The molecule has 0 spiro atoms. The first kappa shape index (κ1) is 31.9. The van der Waals surface area contributed by atoms with Gasteiger partial charge in [-0.2, -0.15) is 13.2 Å². The van der Waals surface area contributed by atoms with Gasteiger partial charge in [-0.1, -0.05) is 48.5 Å². The number of aromatic nitrogens is 2. The van der Waals surface area contributed by atoms with E-state index < -0.39 is 29.8 Å². The van der Waals surface area contributed by atoms with Crippen molar-refractivity contribution in [2.75, 3.05) is 13.1 Å². The number of aliphatic hydroxyl groups excluding tert-OH is 1. The summed E-state index contributed by atoms with van der Waals surface area (Å²) in [7, 11) is 0. The van der Waals surface area contributed by atoms with Crippen molar-refractivity contribution in [2.24, 2.45) is 0 Å². The molecule has 1 unspecified atom stereocenters. The molecule has 2 aromatic heterocycles. The number of amides is 2. The van der Waals surface area contributed by atoms with Crippen LogP contribution < -0.4 is 10.6 Å². The molecule has 1 aliphatic heterocycles. The maximum Gasteiger partial charge on any atom is 0.416 e. The number of nitrogens with zero attached hydrogens (tertiary/aromatic N) is 3. The maximum absolute atomic E-state index is 13.5. The third kappa shape index (κ3) is 8.14. The summed E-state index contributed by atoms with van der Waals surface area (Å²) in [5, 5.41) is 17.0. The van der Waals surface area contributed by atoms with Crippen LogP contribution in [-0.4, -0.2) is 57.0 Å². The number of oxazole rings is 1. The molecule has 2 aromatic carbocycles. The Morgan fingerprint density at radius 1 is 1.07 bits per heavy atom. The predicted molar refractivity (Wildman–Crippen MR) is 159 cm³/mol. The zero-order valence-corrected chi connectivity index (χ0v) is 24.6. The van der Waals surface area contributed by atoms with Crippen LogP contribution in [0.25, 0.3) is 0 Å². The van der Waals surface area contributed by atoms with Gasteiger partial charge in [0.25, 0.3) is 11.8 Å². The van der Waals surface area contributed by atoms with Crippen molar-refractivity contribution in [3.63, 3.8) is 0 Å². The molecule has 3 N–H and O–H groups in total. The lowest BCUT2D eigenvalue weighted by Gasteiger charge is -2.25. The molecule has 9 nitrogen and oxygen atoms in total. The van der Waals surface area contributed by atoms with Gasteiger partial charge in [0.2, 0.25) is 5.89 Å². The van der Waals surface area contributed by atoms with Gasteiger partial charge < -0.3 is 25.1 Å². The standard InChI is InChI=1S/C33H34F3N5O4/c1-21-20-45-31(39-21)28-11-6-12-41(28)32(44)25-15-24(17-38-18-25)30(43)40-27(14-22-7-3-2-4-8-22)29(42)19-37-16-23-9-5-10-26(13-23)33(34,35)36/h2-5,7-10,13,15,17-18,20,27-29,37,42H,6,11-12,14,16,19H2,1H3,(H,40,43)/t27-,28?,29+/m0/s1. The number of nitrogens with one attached hydrogen (secondary N) is 2. The number of halogens is 3. The lowest BCUT2D eigenvalue weighted by atomic mass is 10.00. The summed E-state index contributed by atoms with van der Waals surface area (Å²) in [5.74, 6) is -0.355. The molecule has 0 radical (unpaired) electrons. The average Bonchev–Trinajstić information content (AvgIpc) is 3.70. The van der Waals surface area contributed by atoms with Crippen LogP contribution in [0.4, 0.5) is 13.2 Å². The van der Waals surface area contributed by atoms with Crippen molar-refractivity contribution in [3.8, 4) is 0 Å². The van der Waals surface area contributed by atoms with Crippen LogP contribution in [0.1, 0.15) is 67.9 Å². The molecule has 0 aliphatic carbocycles. The van der Waals surface area contributed by atoms with Gasteiger partial charge in [-0.15, -0.1) is 0 Å². The van der Waals surface area contributed by atoms with Gasteiger partial charge in [0.05, 0.1) is 34.5 Å². The molecule has 3 heterocycles. The van der Waals surface area contributed by atoms with E-state index in [1.165, 1.54) is 24.5 Å². The molecule has 5 rings (SSSR count). The molecule has 3 atom stereocenters. The van der Waals surface area contributed by atoms with Gasteiger partial charge >= 0.3 is 6.18 Å². The lowest BCUT2D eigenvalue weighted by Crippen LogP contribution is -2.48. The Morgan fingerprint density at radius 3 is 2.56 bits per heavy atom. The number of alkyl halides is 3. The molecule has 236 valence electrons. The molecule has 2 amide bonds. The second-order valence-corrected chi connectivity index (χ2v) is 11.1. The first-order valence-corrected chi connectivity index (χ1v) is 14.7. The molecule has 45 heavy (non-hydrogen) atoms. The number of aliphatic hydroxyl groups is 1. The van der Waals surface area contributed by atoms with E-state index in [9.17, 15) is 27.9 Å². The Kier molecular flexibility index (Phi) is 9.94. The normalized spacial score (nSPS) is 16.4. The van der Waals surface area contributed by atoms with Gasteiger partial charge in [0.15, 0.2) is 0 Å². The van der Waals surface area contributed by atoms with Crippen LogP contribution in [0, 0.1) is 6.92 Å². The highest BCUT2D eigenvalue weighted by atomic mass is 19.4. The number of pyridine rings is 1. The molecule has 1 fully saturated rings. The Hall–Kier alpha value is -4.55. The second-order valence-electron chi connectivity index (χ2n) is 11.1. The van der Waals surface area contributed by atoms with Gasteiger partial charge in [0.1, 0.15) is 12.3 Å². The number of benzene rings is 2. The Balaban J connectivity index is 1.26. The first-order chi connectivity index (χ1) is 21.6. The summed E-state index contributed by atoms with van der Waals surface area (Å²) < 4.78 is 44.8. The highest BCUT2D eigenvalue weighted by molar-refractivity contribution is 5.99. The van der Waals surface area contributed by atoms with Crippen LogP contribution in [0.2, 0.25) is 0 Å². The fourth-order valence-electron chi connectivity index (χ4n) is 5.41. The minimum Gasteiger partial charge on any atom is -0.446 e. The van der Waals surface area contributed by atoms with E-state index in [-0.39, 0.29) is 42.6 Å². The largest absolute Gasteiger partial charge is 0.446 e. The number of carbonyl (C=O) groups excluding carboxylic acids is 2. The molecule has 0 saturated carbocycles. The van der Waals surface area contributed by atoms with Crippen LogP contribution >= 0.6 is 0 Å². The van der Waals surface area contributed by atoms with E-state index >= 15 is 0 Å². The van der Waals surface area contributed by atoms with Crippen molar-refractivity contribution < 1.29 is 32.3 Å². The van der Waals surface area contributed by atoms with E-state index in [4.69, 9.17) is 4.42 Å². The topological polar surface area (TPSA) is 121 Å².